The number of rotatable bonds is 4. The smallest absolute Gasteiger partial charge is 0.375 e. The van der Waals surface area contributed by atoms with Crippen LogP contribution in [0, 0.1) is 0 Å². The second-order valence-electron chi connectivity index (χ2n) is 4.14. The van der Waals surface area contributed by atoms with E-state index in [1.54, 1.807) is 6.92 Å². The molecule has 1 amide bonds. The lowest BCUT2D eigenvalue weighted by Gasteiger charge is -2.10. The Morgan fingerprint density at radius 1 is 1.55 bits per heavy atom. The molecule has 1 saturated heterocycles. The first-order valence-electron chi connectivity index (χ1n) is 6.08. The van der Waals surface area contributed by atoms with Crippen LogP contribution in [0.4, 0.5) is 5.95 Å². The molecule has 0 saturated carbocycles. The van der Waals surface area contributed by atoms with Crippen molar-refractivity contribution in [2.75, 3.05) is 18.1 Å². The fraction of sp³-hybridized carbons (Fsp3) is 0.545. The molecule has 1 aromatic heterocycles. The lowest BCUT2D eigenvalue weighted by molar-refractivity contribution is -0.117. The first kappa shape index (κ1) is 14.5. The standard InChI is InChI=1S/C11H14N4O4S/c1-3-19-10(18)9-12-11(14-13-9)15-5-7(4-8(15)17)20-6(2)16/h7H,3-5H2,1-2H3,(H,12,13,14). The maximum atomic E-state index is 11.9. The number of aromatic nitrogens is 3. The molecule has 2 heterocycles. The molecule has 1 aliphatic heterocycles. The predicted octanol–water partition coefficient (Wildman–Crippen LogP) is 0.366. The largest absolute Gasteiger partial charge is 0.460 e. The Balaban J connectivity index is 2.07. The zero-order chi connectivity index (χ0) is 14.7. The fourth-order valence-corrected chi connectivity index (χ4v) is 2.77. The lowest BCUT2D eigenvalue weighted by atomic mass is 10.4. The number of nitrogens with zero attached hydrogens (tertiary/aromatic N) is 3. The van der Waals surface area contributed by atoms with E-state index >= 15 is 0 Å². The summed E-state index contributed by atoms with van der Waals surface area (Å²) in [7, 11) is 0. The van der Waals surface area contributed by atoms with Crippen molar-refractivity contribution in [1.82, 2.24) is 15.2 Å². The number of esters is 1. The van der Waals surface area contributed by atoms with Gasteiger partial charge in [-0.1, -0.05) is 11.8 Å². The van der Waals surface area contributed by atoms with Crippen LogP contribution in [0.5, 0.6) is 0 Å². The van der Waals surface area contributed by atoms with Crippen molar-refractivity contribution in [3.63, 3.8) is 0 Å². The van der Waals surface area contributed by atoms with E-state index in [1.807, 2.05) is 0 Å². The monoisotopic (exact) mass is 298 g/mol. The third kappa shape index (κ3) is 3.16. The molecule has 0 bridgehead atoms. The molecule has 20 heavy (non-hydrogen) atoms. The quantitative estimate of drug-likeness (QED) is 0.800. The molecule has 1 aliphatic rings. The van der Waals surface area contributed by atoms with E-state index in [0.29, 0.717) is 6.54 Å². The molecule has 0 radical (unpaired) electrons. The zero-order valence-corrected chi connectivity index (χ0v) is 11.9. The van der Waals surface area contributed by atoms with Crippen LogP contribution < -0.4 is 4.90 Å². The van der Waals surface area contributed by atoms with Crippen molar-refractivity contribution in [2.24, 2.45) is 0 Å². The molecule has 8 nitrogen and oxygen atoms in total. The van der Waals surface area contributed by atoms with Gasteiger partial charge >= 0.3 is 5.97 Å². The van der Waals surface area contributed by atoms with Crippen molar-refractivity contribution in [1.29, 1.82) is 0 Å². The highest BCUT2D eigenvalue weighted by Gasteiger charge is 2.34. The molecule has 0 aliphatic carbocycles. The number of aromatic amines is 1. The van der Waals surface area contributed by atoms with Crippen molar-refractivity contribution in [2.45, 2.75) is 25.5 Å². The minimum atomic E-state index is -0.618. The van der Waals surface area contributed by atoms with Crippen LogP contribution in [0.2, 0.25) is 0 Å². The lowest BCUT2D eigenvalue weighted by Crippen LogP contribution is -2.26. The maximum Gasteiger partial charge on any atom is 0.375 e. The zero-order valence-electron chi connectivity index (χ0n) is 11.1. The highest BCUT2D eigenvalue weighted by atomic mass is 32.2. The summed E-state index contributed by atoms with van der Waals surface area (Å²) in [5, 5.41) is 6.14. The summed E-state index contributed by atoms with van der Waals surface area (Å²) >= 11 is 1.13. The number of H-pyrrole nitrogens is 1. The van der Waals surface area contributed by atoms with Crippen LogP contribution in [0.1, 0.15) is 30.9 Å². The number of thioether (sulfide) groups is 1. The van der Waals surface area contributed by atoms with Gasteiger partial charge in [-0.3, -0.25) is 19.6 Å². The third-order valence-corrected chi connectivity index (χ3v) is 3.59. The van der Waals surface area contributed by atoms with Gasteiger partial charge in [0.25, 0.3) is 5.95 Å². The molecule has 1 N–H and O–H groups in total. The van der Waals surface area contributed by atoms with Gasteiger partial charge < -0.3 is 4.74 Å². The number of carbonyl (C=O) groups excluding carboxylic acids is 3. The van der Waals surface area contributed by atoms with E-state index in [9.17, 15) is 14.4 Å². The third-order valence-electron chi connectivity index (χ3n) is 2.61. The Morgan fingerprint density at radius 3 is 2.95 bits per heavy atom. The van der Waals surface area contributed by atoms with Gasteiger partial charge in [-0.15, -0.1) is 5.10 Å². The van der Waals surface area contributed by atoms with E-state index in [-0.39, 0.29) is 41.1 Å². The summed E-state index contributed by atoms with van der Waals surface area (Å²) < 4.78 is 4.78. The van der Waals surface area contributed by atoms with Crippen molar-refractivity contribution in [3.05, 3.63) is 5.82 Å². The number of nitrogens with one attached hydrogen (secondary N) is 1. The van der Waals surface area contributed by atoms with Crippen LogP contribution in [-0.2, 0) is 14.3 Å². The van der Waals surface area contributed by atoms with Crippen molar-refractivity contribution in [3.8, 4) is 0 Å². The van der Waals surface area contributed by atoms with E-state index in [2.05, 4.69) is 15.2 Å². The normalized spacial score (nSPS) is 18.4. The minimum absolute atomic E-state index is 0.0353. The van der Waals surface area contributed by atoms with Crippen LogP contribution in [-0.4, -0.2) is 50.6 Å². The molecule has 1 fully saturated rings. The molecule has 108 valence electrons. The highest BCUT2D eigenvalue weighted by Crippen LogP contribution is 2.26. The van der Waals surface area contributed by atoms with Gasteiger partial charge in [-0.2, -0.15) is 4.98 Å². The highest BCUT2D eigenvalue weighted by molar-refractivity contribution is 8.14. The van der Waals surface area contributed by atoms with Crippen LogP contribution >= 0.6 is 11.8 Å². The molecule has 1 aromatic rings. The summed E-state index contributed by atoms with van der Waals surface area (Å²) in [5.74, 6) is -0.701. The number of ether oxygens (including phenoxy) is 1. The van der Waals surface area contributed by atoms with Crippen molar-refractivity contribution < 1.29 is 19.1 Å². The minimum Gasteiger partial charge on any atom is -0.460 e. The Kier molecular flexibility index (Phi) is 4.38. The van der Waals surface area contributed by atoms with Crippen molar-refractivity contribution >= 4 is 34.7 Å². The van der Waals surface area contributed by atoms with Crippen LogP contribution in [0.25, 0.3) is 0 Å². The summed E-state index contributed by atoms with van der Waals surface area (Å²) in [6.07, 6.45) is 0.257. The van der Waals surface area contributed by atoms with Gasteiger partial charge in [0.2, 0.25) is 11.7 Å². The Hall–Kier alpha value is -1.90. The molecular formula is C11H14N4O4S. The van der Waals surface area contributed by atoms with Gasteiger partial charge in [0.15, 0.2) is 5.12 Å². The van der Waals surface area contributed by atoms with Gasteiger partial charge in [-0.25, -0.2) is 4.79 Å². The van der Waals surface area contributed by atoms with Gasteiger partial charge in [0.05, 0.1) is 6.61 Å². The van der Waals surface area contributed by atoms with E-state index in [1.165, 1.54) is 11.8 Å². The first-order valence-corrected chi connectivity index (χ1v) is 6.96. The number of carbonyl (C=O) groups is 3. The average molecular weight is 298 g/mol. The summed E-state index contributed by atoms with van der Waals surface area (Å²) in [6, 6.07) is 0. The van der Waals surface area contributed by atoms with Crippen LogP contribution in [0.3, 0.4) is 0 Å². The topological polar surface area (TPSA) is 105 Å². The Labute approximate surface area is 119 Å². The summed E-state index contributed by atoms with van der Waals surface area (Å²) in [6.45, 7) is 3.73. The summed E-state index contributed by atoms with van der Waals surface area (Å²) in [5.41, 5.74) is 0. The van der Waals surface area contributed by atoms with E-state index in [0.717, 1.165) is 11.8 Å². The second-order valence-corrected chi connectivity index (χ2v) is 5.62. The molecule has 2 rings (SSSR count). The molecular weight excluding hydrogens is 284 g/mol. The molecule has 1 unspecified atom stereocenters. The molecule has 1 atom stereocenters. The van der Waals surface area contributed by atoms with Gasteiger partial charge in [-0.05, 0) is 6.92 Å². The average Bonchev–Trinajstić information content (AvgIpc) is 2.95. The summed E-state index contributed by atoms with van der Waals surface area (Å²) in [4.78, 5) is 39.7. The van der Waals surface area contributed by atoms with E-state index < -0.39 is 5.97 Å². The molecule has 0 aromatic carbocycles. The predicted molar refractivity (Wildman–Crippen MR) is 71.4 cm³/mol. The fourth-order valence-electron chi connectivity index (χ4n) is 1.85. The SMILES string of the molecule is CCOC(=O)c1nc(N2CC(SC(C)=O)CC2=O)n[nH]1. The van der Waals surface area contributed by atoms with E-state index in [4.69, 9.17) is 4.74 Å². The first-order chi connectivity index (χ1) is 9.51. The number of hydrogen-bond donors (Lipinski definition) is 1. The Bertz CT molecular complexity index is 544. The number of hydrogen-bond acceptors (Lipinski definition) is 7. The van der Waals surface area contributed by atoms with Gasteiger partial charge in [0.1, 0.15) is 0 Å². The second kappa shape index (κ2) is 6.04. The molecule has 0 spiro atoms. The molecule has 9 heteroatoms. The Morgan fingerprint density at radius 2 is 2.30 bits per heavy atom. The number of anilines is 1. The van der Waals surface area contributed by atoms with Gasteiger partial charge in [0, 0.05) is 25.1 Å². The van der Waals surface area contributed by atoms with Crippen LogP contribution in [0.15, 0.2) is 0 Å². The number of amides is 1. The maximum absolute atomic E-state index is 11.9.